The van der Waals surface area contributed by atoms with Crippen molar-refractivity contribution < 1.29 is 9.59 Å². The Bertz CT molecular complexity index is 663. The van der Waals surface area contributed by atoms with Gasteiger partial charge in [0.1, 0.15) is 0 Å². The Morgan fingerprint density at radius 2 is 1.78 bits per heavy atom. The summed E-state index contributed by atoms with van der Waals surface area (Å²) in [4.78, 5) is 27.1. The summed E-state index contributed by atoms with van der Waals surface area (Å²) >= 11 is 0. The van der Waals surface area contributed by atoms with E-state index in [1.54, 1.807) is 18.5 Å². The predicted octanol–water partition coefficient (Wildman–Crippen LogP) is 2.19. The van der Waals surface area contributed by atoms with Crippen molar-refractivity contribution in [3.8, 4) is 11.1 Å². The molecule has 1 aromatic heterocycles. The van der Waals surface area contributed by atoms with E-state index >= 15 is 0 Å². The molecule has 0 fully saturated rings. The summed E-state index contributed by atoms with van der Waals surface area (Å²) in [6.07, 6.45) is 3.40. The van der Waals surface area contributed by atoms with Crippen LogP contribution in [-0.4, -0.2) is 16.7 Å². The maximum Gasteiger partial charge on any atom is 0.296 e. The molecule has 0 spiro atoms. The molecule has 0 aliphatic carbocycles. The topological polar surface area (TPSA) is 59.1 Å². The molecule has 1 N–H and O–H groups in total. The summed E-state index contributed by atoms with van der Waals surface area (Å²) in [6.45, 7) is 1.85. The Morgan fingerprint density at radius 3 is 2.50 bits per heavy atom. The van der Waals surface area contributed by atoms with Crippen LogP contribution < -0.4 is 5.32 Å². The van der Waals surface area contributed by atoms with Gasteiger partial charge in [-0.05, 0) is 41.8 Å². The zero-order chi connectivity index (χ0) is 12.7. The van der Waals surface area contributed by atoms with Crippen molar-refractivity contribution in [3.63, 3.8) is 0 Å². The number of benzene rings is 1. The number of ketones is 1. The molecule has 3 rings (SSSR count). The van der Waals surface area contributed by atoms with Crippen LogP contribution in [0.1, 0.15) is 15.9 Å². The molecule has 0 atom stereocenters. The second-order valence-electron chi connectivity index (χ2n) is 4.18. The van der Waals surface area contributed by atoms with E-state index in [1.807, 2.05) is 25.1 Å². The molecule has 0 saturated carbocycles. The number of carbonyl (C=O) groups excluding carboxylic acids is 2. The lowest BCUT2D eigenvalue weighted by Gasteiger charge is -2.09. The number of hydrogen-bond donors (Lipinski definition) is 1. The van der Waals surface area contributed by atoms with Crippen LogP contribution in [0.3, 0.4) is 0 Å². The lowest BCUT2D eigenvalue weighted by atomic mass is 9.95. The summed E-state index contributed by atoms with van der Waals surface area (Å²) in [5.41, 5.74) is 3.83. The normalized spacial score (nSPS) is 13.4. The van der Waals surface area contributed by atoms with Gasteiger partial charge < -0.3 is 5.32 Å². The first-order valence-corrected chi connectivity index (χ1v) is 5.58. The molecular formula is C14H10N2O2. The molecule has 1 aliphatic rings. The Morgan fingerprint density at radius 1 is 1.06 bits per heavy atom. The van der Waals surface area contributed by atoms with E-state index < -0.39 is 11.7 Å². The molecule has 2 aromatic rings. The number of hydrogen-bond acceptors (Lipinski definition) is 3. The second-order valence-corrected chi connectivity index (χ2v) is 4.18. The van der Waals surface area contributed by atoms with Gasteiger partial charge in [0.25, 0.3) is 11.7 Å². The number of fused-ring (bicyclic) bond motifs is 1. The molecule has 88 valence electrons. The number of rotatable bonds is 1. The molecule has 4 nitrogen and oxygen atoms in total. The number of pyridine rings is 1. The summed E-state index contributed by atoms with van der Waals surface area (Å²) in [7, 11) is 0. The largest absolute Gasteiger partial charge is 0.318 e. The molecule has 1 aromatic carbocycles. The molecule has 0 radical (unpaired) electrons. The molecule has 0 bridgehead atoms. The van der Waals surface area contributed by atoms with E-state index in [0.29, 0.717) is 11.3 Å². The van der Waals surface area contributed by atoms with Gasteiger partial charge in [-0.1, -0.05) is 6.07 Å². The van der Waals surface area contributed by atoms with Gasteiger partial charge in [0.2, 0.25) is 0 Å². The van der Waals surface area contributed by atoms with Crippen LogP contribution in [0.25, 0.3) is 11.1 Å². The van der Waals surface area contributed by atoms with Crippen molar-refractivity contribution in [1.82, 2.24) is 4.98 Å². The SMILES string of the molecule is Cc1c(-c2ccncc2)ccc2c1C(=O)C(=O)N2. The average Bonchev–Trinajstić information content (AvgIpc) is 2.67. The first-order chi connectivity index (χ1) is 8.68. The quantitative estimate of drug-likeness (QED) is 0.775. The number of Topliss-reactive ketones (excluding diaryl/α,β-unsaturated/α-hetero) is 1. The third-order valence-corrected chi connectivity index (χ3v) is 3.14. The summed E-state index contributed by atoms with van der Waals surface area (Å²) in [5.74, 6) is -1.02. The number of aromatic nitrogens is 1. The summed E-state index contributed by atoms with van der Waals surface area (Å²) < 4.78 is 0. The highest BCUT2D eigenvalue weighted by Crippen LogP contribution is 2.33. The maximum absolute atomic E-state index is 11.8. The lowest BCUT2D eigenvalue weighted by molar-refractivity contribution is -0.112. The van der Waals surface area contributed by atoms with Crippen molar-refractivity contribution in [3.05, 3.63) is 47.8 Å². The van der Waals surface area contributed by atoms with Crippen LogP contribution in [-0.2, 0) is 4.79 Å². The van der Waals surface area contributed by atoms with Gasteiger partial charge in [-0.2, -0.15) is 0 Å². The Hall–Kier alpha value is -2.49. The van der Waals surface area contributed by atoms with Crippen molar-refractivity contribution in [1.29, 1.82) is 0 Å². The standard InChI is InChI=1S/C14H10N2O2/c1-8-10(9-4-6-15-7-5-9)2-3-11-12(8)13(17)14(18)16-11/h2-7H,1H3,(H,16,17,18). The van der Waals surface area contributed by atoms with E-state index in [1.165, 1.54) is 0 Å². The number of amides is 1. The zero-order valence-corrected chi connectivity index (χ0v) is 9.73. The molecule has 1 amide bonds. The van der Waals surface area contributed by atoms with Gasteiger partial charge in [0.05, 0.1) is 11.3 Å². The number of nitrogens with zero attached hydrogens (tertiary/aromatic N) is 1. The van der Waals surface area contributed by atoms with E-state index in [-0.39, 0.29) is 0 Å². The Kier molecular flexibility index (Phi) is 2.23. The van der Waals surface area contributed by atoms with Gasteiger partial charge in [-0.3, -0.25) is 14.6 Å². The lowest BCUT2D eigenvalue weighted by Crippen LogP contribution is -2.12. The van der Waals surface area contributed by atoms with Crippen molar-refractivity contribution in [2.24, 2.45) is 0 Å². The maximum atomic E-state index is 11.8. The van der Waals surface area contributed by atoms with E-state index in [9.17, 15) is 9.59 Å². The molecule has 4 heteroatoms. The first-order valence-electron chi connectivity index (χ1n) is 5.58. The van der Waals surface area contributed by atoms with Gasteiger partial charge >= 0.3 is 0 Å². The van der Waals surface area contributed by atoms with Crippen LogP contribution in [0.2, 0.25) is 0 Å². The highest BCUT2D eigenvalue weighted by molar-refractivity contribution is 6.52. The Labute approximate surface area is 104 Å². The molecule has 2 heterocycles. The number of carbonyl (C=O) groups is 2. The number of nitrogens with one attached hydrogen (secondary N) is 1. The van der Waals surface area contributed by atoms with E-state index in [4.69, 9.17) is 0 Å². The molecular weight excluding hydrogens is 228 g/mol. The van der Waals surface area contributed by atoms with Gasteiger partial charge in [-0.15, -0.1) is 0 Å². The van der Waals surface area contributed by atoms with Crippen LogP contribution >= 0.6 is 0 Å². The van der Waals surface area contributed by atoms with E-state index in [2.05, 4.69) is 10.3 Å². The van der Waals surface area contributed by atoms with Crippen molar-refractivity contribution >= 4 is 17.4 Å². The smallest absolute Gasteiger partial charge is 0.296 e. The van der Waals surface area contributed by atoms with Gasteiger partial charge in [-0.25, -0.2) is 0 Å². The number of anilines is 1. The summed E-state index contributed by atoms with van der Waals surface area (Å²) in [5, 5.41) is 2.57. The van der Waals surface area contributed by atoms with Gasteiger partial charge in [0, 0.05) is 12.4 Å². The minimum absolute atomic E-state index is 0.460. The highest BCUT2D eigenvalue weighted by atomic mass is 16.2. The minimum atomic E-state index is -0.556. The summed E-state index contributed by atoms with van der Waals surface area (Å²) in [6, 6.07) is 7.43. The van der Waals surface area contributed by atoms with Crippen molar-refractivity contribution in [2.45, 2.75) is 6.92 Å². The van der Waals surface area contributed by atoms with Gasteiger partial charge in [0.15, 0.2) is 0 Å². The predicted molar refractivity (Wildman–Crippen MR) is 67.4 cm³/mol. The fraction of sp³-hybridized carbons (Fsp3) is 0.0714. The molecule has 0 unspecified atom stereocenters. The van der Waals surface area contributed by atoms with Crippen LogP contribution in [0.4, 0.5) is 5.69 Å². The van der Waals surface area contributed by atoms with E-state index in [0.717, 1.165) is 16.7 Å². The highest BCUT2D eigenvalue weighted by Gasteiger charge is 2.30. The third kappa shape index (κ3) is 1.43. The second kappa shape index (κ2) is 3.77. The fourth-order valence-corrected chi connectivity index (χ4v) is 2.25. The monoisotopic (exact) mass is 238 g/mol. The first kappa shape index (κ1) is 10.7. The molecule has 1 aliphatic heterocycles. The van der Waals surface area contributed by atoms with Crippen LogP contribution in [0, 0.1) is 6.92 Å². The molecule has 18 heavy (non-hydrogen) atoms. The third-order valence-electron chi connectivity index (χ3n) is 3.14. The van der Waals surface area contributed by atoms with Crippen LogP contribution in [0.5, 0.6) is 0 Å². The Balaban J connectivity index is 2.22. The average molecular weight is 238 g/mol. The molecule has 0 saturated heterocycles. The minimum Gasteiger partial charge on any atom is -0.318 e. The van der Waals surface area contributed by atoms with Crippen LogP contribution in [0.15, 0.2) is 36.7 Å². The zero-order valence-electron chi connectivity index (χ0n) is 9.73. The fourth-order valence-electron chi connectivity index (χ4n) is 2.25. The van der Waals surface area contributed by atoms with Crippen molar-refractivity contribution in [2.75, 3.05) is 5.32 Å².